The minimum atomic E-state index is -4.13. The quantitative estimate of drug-likeness (QED) is 0.627. The Morgan fingerprint density at radius 2 is 1.86 bits per heavy atom. The highest BCUT2D eigenvalue weighted by Gasteiger charge is 2.27. The predicted molar refractivity (Wildman–Crippen MR) is 104 cm³/mol. The Bertz CT molecular complexity index is 1000. The van der Waals surface area contributed by atoms with Gasteiger partial charge >= 0.3 is 5.97 Å². The van der Waals surface area contributed by atoms with Gasteiger partial charge in [0.1, 0.15) is 10.7 Å². The van der Waals surface area contributed by atoms with E-state index in [1.807, 2.05) is 0 Å². The van der Waals surface area contributed by atoms with Gasteiger partial charge in [0.25, 0.3) is 11.8 Å². The average Bonchev–Trinajstić information content (AvgIpc) is 3.22. The summed E-state index contributed by atoms with van der Waals surface area (Å²) in [7, 11) is -4.13. The van der Waals surface area contributed by atoms with E-state index in [2.05, 4.69) is 5.32 Å². The molecule has 0 bridgehead atoms. The minimum absolute atomic E-state index is 0.130. The number of amides is 2. The zero-order valence-electron chi connectivity index (χ0n) is 15.7. The van der Waals surface area contributed by atoms with Gasteiger partial charge < -0.3 is 4.74 Å². The monoisotopic (exact) mass is 442 g/mol. The Labute approximate surface area is 171 Å². The first-order valence-corrected chi connectivity index (χ1v) is 10.9. The summed E-state index contributed by atoms with van der Waals surface area (Å²) in [5, 5.41) is 3.72. The third kappa shape index (κ3) is 5.46. The molecule has 0 aliphatic heterocycles. The Morgan fingerprint density at radius 3 is 2.45 bits per heavy atom. The van der Waals surface area contributed by atoms with Crippen LogP contribution in [0, 0.1) is 5.82 Å². The molecule has 0 unspecified atom stereocenters. The molecular formula is C18H19FN2O6S2. The molecule has 1 aromatic heterocycles. The number of nitrogens with zero attached hydrogens (tertiary/aromatic N) is 1. The molecule has 1 N–H and O–H groups in total. The van der Waals surface area contributed by atoms with Gasteiger partial charge in [-0.2, -0.15) is 4.31 Å². The van der Waals surface area contributed by atoms with E-state index in [1.54, 1.807) is 25.3 Å². The van der Waals surface area contributed by atoms with Gasteiger partial charge in [-0.25, -0.2) is 17.6 Å². The molecule has 2 amide bonds. The van der Waals surface area contributed by atoms with E-state index < -0.39 is 45.1 Å². The van der Waals surface area contributed by atoms with Crippen molar-refractivity contribution >= 4 is 39.1 Å². The lowest BCUT2D eigenvalue weighted by Gasteiger charge is -2.19. The average molecular weight is 442 g/mol. The Morgan fingerprint density at radius 1 is 1.17 bits per heavy atom. The van der Waals surface area contributed by atoms with Crippen LogP contribution in [0.2, 0.25) is 0 Å². The van der Waals surface area contributed by atoms with Crippen molar-refractivity contribution in [2.24, 2.45) is 0 Å². The molecular weight excluding hydrogens is 423 g/mol. The molecule has 2 aromatic rings. The highest BCUT2D eigenvalue weighted by atomic mass is 32.2. The van der Waals surface area contributed by atoms with E-state index >= 15 is 0 Å². The zero-order chi connectivity index (χ0) is 21.6. The summed E-state index contributed by atoms with van der Waals surface area (Å²) < 4.78 is 45.0. The summed E-state index contributed by atoms with van der Waals surface area (Å²) >= 11 is 1.14. The number of carbonyl (C=O) groups is 3. The first-order chi connectivity index (χ1) is 13.7. The smallest absolute Gasteiger partial charge is 0.338 e. The van der Waals surface area contributed by atoms with Gasteiger partial charge in [0, 0.05) is 13.1 Å². The van der Waals surface area contributed by atoms with E-state index in [0.717, 1.165) is 33.8 Å². The molecule has 0 atom stereocenters. The van der Waals surface area contributed by atoms with Crippen LogP contribution in [0.15, 0.2) is 40.6 Å². The highest BCUT2D eigenvalue weighted by Crippen LogP contribution is 2.21. The molecule has 156 valence electrons. The van der Waals surface area contributed by atoms with Gasteiger partial charge in [-0.05, 0) is 29.6 Å². The standard InChI is InChI=1S/C18H19FN2O6S2/c1-3-21(4-2)29(25,26)15-10-12(7-8-13(15)19)18(24)27-11-16(22)20-17(23)14-6-5-9-28-14/h5-10H,3-4,11H2,1-2H3,(H,20,22,23). The lowest BCUT2D eigenvalue weighted by molar-refractivity contribution is -0.123. The summed E-state index contributed by atoms with van der Waals surface area (Å²) in [6.45, 7) is 2.71. The molecule has 29 heavy (non-hydrogen) atoms. The number of rotatable bonds is 8. The highest BCUT2D eigenvalue weighted by molar-refractivity contribution is 7.89. The molecule has 2 rings (SSSR count). The van der Waals surface area contributed by atoms with Crippen molar-refractivity contribution in [1.29, 1.82) is 0 Å². The molecule has 0 saturated heterocycles. The first-order valence-electron chi connectivity index (χ1n) is 8.55. The zero-order valence-corrected chi connectivity index (χ0v) is 17.3. The predicted octanol–water partition coefficient (Wildman–Crippen LogP) is 2.03. The largest absolute Gasteiger partial charge is 0.452 e. The van der Waals surface area contributed by atoms with Gasteiger partial charge in [0.2, 0.25) is 10.0 Å². The van der Waals surface area contributed by atoms with Gasteiger partial charge in [0.05, 0.1) is 10.4 Å². The maximum absolute atomic E-state index is 14.1. The fourth-order valence-corrected chi connectivity index (χ4v) is 4.54. The van der Waals surface area contributed by atoms with E-state index in [0.29, 0.717) is 4.88 Å². The number of ether oxygens (including phenoxy) is 1. The van der Waals surface area contributed by atoms with E-state index in [9.17, 15) is 27.2 Å². The number of halogens is 1. The third-order valence-electron chi connectivity index (χ3n) is 3.82. The second-order valence-corrected chi connectivity index (χ2v) is 8.52. The first kappa shape index (κ1) is 22.7. The second-order valence-electron chi connectivity index (χ2n) is 5.67. The molecule has 0 saturated carbocycles. The molecule has 11 heteroatoms. The molecule has 0 fully saturated rings. The maximum atomic E-state index is 14.1. The van der Waals surface area contributed by atoms with Crippen molar-refractivity contribution in [3.63, 3.8) is 0 Å². The van der Waals surface area contributed by atoms with Crippen LogP contribution in [0.4, 0.5) is 4.39 Å². The van der Waals surface area contributed by atoms with Gasteiger partial charge in [-0.1, -0.05) is 19.9 Å². The molecule has 0 spiro atoms. The lowest BCUT2D eigenvalue weighted by Crippen LogP contribution is -2.33. The van der Waals surface area contributed by atoms with Crippen LogP contribution in [0.25, 0.3) is 0 Å². The number of thiophene rings is 1. The third-order valence-corrected chi connectivity index (χ3v) is 6.76. The number of carbonyl (C=O) groups excluding carboxylic acids is 3. The van der Waals surface area contributed by atoms with Crippen LogP contribution in [0.3, 0.4) is 0 Å². The summed E-state index contributed by atoms with van der Waals surface area (Å²) in [5.41, 5.74) is -0.241. The molecule has 0 aliphatic carbocycles. The van der Waals surface area contributed by atoms with Gasteiger partial charge in [-0.3, -0.25) is 14.9 Å². The molecule has 1 aromatic carbocycles. The number of hydrogen-bond acceptors (Lipinski definition) is 7. The number of nitrogens with one attached hydrogen (secondary N) is 1. The number of esters is 1. The van der Waals surface area contributed by atoms with Gasteiger partial charge in [0.15, 0.2) is 6.61 Å². The summed E-state index contributed by atoms with van der Waals surface area (Å²) in [6.07, 6.45) is 0. The molecule has 0 aliphatic rings. The Kier molecular flexibility index (Phi) is 7.59. The summed E-state index contributed by atoms with van der Waals surface area (Å²) in [4.78, 5) is 35.3. The van der Waals surface area contributed by atoms with E-state index in [-0.39, 0.29) is 18.7 Å². The molecule has 1 heterocycles. The van der Waals surface area contributed by atoms with Crippen molar-refractivity contribution in [1.82, 2.24) is 9.62 Å². The number of imide groups is 1. The van der Waals surface area contributed by atoms with Crippen molar-refractivity contribution in [3.8, 4) is 0 Å². The topological polar surface area (TPSA) is 110 Å². The van der Waals surface area contributed by atoms with Crippen LogP contribution in [-0.2, 0) is 19.6 Å². The number of hydrogen-bond donors (Lipinski definition) is 1. The van der Waals surface area contributed by atoms with Crippen molar-refractivity contribution < 1.29 is 31.9 Å². The SMILES string of the molecule is CCN(CC)S(=O)(=O)c1cc(C(=O)OCC(=O)NC(=O)c2cccs2)ccc1F. The van der Waals surface area contributed by atoms with Crippen LogP contribution in [-0.4, -0.2) is 50.2 Å². The van der Waals surface area contributed by atoms with Gasteiger partial charge in [-0.15, -0.1) is 11.3 Å². The Balaban J connectivity index is 2.08. The van der Waals surface area contributed by atoms with Crippen LogP contribution in [0.1, 0.15) is 33.9 Å². The van der Waals surface area contributed by atoms with Crippen molar-refractivity contribution in [3.05, 3.63) is 52.0 Å². The molecule has 0 radical (unpaired) electrons. The fourth-order valence-electron chi connectivity index (χ4n) is 2.38. The van der Waals surface area contributed by atoms with Crippen molar-refractivity contribution in [2.75, 3.05) is 19.7 Å². The number of benzene rings is 1. The fraction of sp³-hybridized carbons (Fsp3) is 0.278. The van der Waals surface area contributed by atoms with E-state index in [1.165, 1.54) is 6.07 Å². The van der Waals surface area contributed by atoms with Crippen LogP contribution in [0.5, 0.6) is 0 Å². The normalized spacial score (nSPS) is 11.3. The second kappa shape index (κ2) is 9.72. The Hall–Kier alpha value is -2.63. The lowest BCUT2D eigenvalue weighted by atomic mass is 10.2. The summed E-state index contributed by atoms with van der Waals surface area (Å²) in [6, 6.07) is 5.92. The molecule has 8 nitrogen and oxygen atoms in total. The van der Waals surface area contributed by atoms with Crippen LogP contribution < -0.4 is 5.32 Å². The summed E-state index contributed by atoms with van der Waals surface area (Å²) in [5.74, 6) is -3.52. The van der Waals surface area contributed by atoms with Crippen molar-refractivity contribution in [2.45, 2.75) is 18.7 Å². The van der Waals surface area contributed by atoms with Crippen LogP contribution >= 0.6 is 11.3 Å². The minimum Gasteiger partial charge on any atom is -0.452 e. The maximum Gasteiger partial charge on any atom is 0.338 e. The number of sulfonamides is 1. The van der Waals surface area contributed by atoms with E-state index in [4.69, 9.17) is 4.74 Å².